The number of ether oxygens (including phenoxy) is 3. The van der Waals surface area contributed by atoms with E-state index >= 15 is 0 Å². The highest BCUT2D eigenvalue weighted by atomic mass is 16.7. The van der Waals surface area contributed by atoms with E-state index < -0.39 is 0 Å². The van der Waals surface area contributed by atoms with Gasteiger partial charge in [0.05, 0.1) is 6.54 Å². The first kappa shape index (κ1) is 16.8. The number of amides is 1. The van der Waals surface area contributed by atoms with Crippen LogP contribution < -0.4 is 19.5 Å². The van der Waals surface area contributed by atoms with E-state index in [4.69, 9.17) is 14.2 Å². The predicted octanol–water partition coefficient (Wildman–Crippen LogP) is 3.45. The molecular weight excluding hydrogens is 330 g/mol. The molecule has 1 N–H and O–H groups in total. The van der Waals surface area contributed by atoms with E-state index in [0.717, 1.165) is 12.2 Å². The summed E-state index contributed by atoms with van der Waals surface area (Å²) in [5.74, 6) is 2.06. The zero-order chi connectivity index (χ0) is 18.3. The molecule has 0 spiro atoms. The van der Waals surface area contributed by atoms with Gasteiger partial charge in [0.2, 0.25) is 6.79 Å². The van der Waals surface area contributed by atoms with Crippen LogP contribution in [-0.2, 0) is 11.8 Å². The lowest BCUT2D eigenvalue weighted by Gasteiger charge is -2.19. The molecule has 0 fully saturated rings. The summed E-state index contributed by atoms with van der Waals surface area (Å²) in [6, 6.07) is 11.6. The summed E-state index contributed by atoms with van der Waals surface area (Å²) in [6.07, 6.45) is 0.763. The van der Waals surface area contributed by atoms with Crippen molar-refractivity contribution < 1.29 is 19.0 Å². The van der Waals surface area contributed by atoms with Crippen molar-refractivity contribution in [3.63, 3.8) is 0 Å². The van der Waals surface area contributed by atoms with E-state index in [-0.39, 0.29) is 24.2 Å². The fourth-order valence-corrected chi connectivity index (χ4v) is 3.25. The highest BCUT2D eigenvalue weighted by Gasteiger charge is 2.26. The number of fused-ring (bicyclic) bond motifs is 2. The Balaban J connectivity index is 1.37. The summed E-state index contributed by atoms with van der Waals surface area (Å²) < 4.78 is 16.6. The smallest absolute Gasteiger partial charge is 0.251 e. The highest BCUT2D eigenvalue weighted by molar-refractivity contribution is 5.94. The number of hydrogen-bond donors (Lipinski definition) is 1. The predicted molar refractivity (Wildman–Crippen MR) is 98.2 cm³/mol. The molecule has 26 heavy (non-hydrogen) atoms. The van der Waals surface area contributed by atoms with Gasteiger partial charge in [-0.2, -0.15) is 0 Å². The first-order valence-corrected chi connectivity index (χ1v) is 8.88. The molecule has 2 aromatic carbocycles. The Kier molecular flexibility index (Phi) is 4.02. The number of benzene rings is 2. The second-order valence-electron chi connectivity index (χ2n) is 7.79. The molecule has 136 valence electrons. The maximum absolute atomic E-state index is 12.4. The summed E-state index contributed by atoms with van der Waals surface area (Å²) in [6.45, 7) is 7.27. The van der Waals surface area contributed by atoms with Gasteiger partial charge in [0.25, 0.3) is 5.91 Å². The summed E-state index contributed by atoms with van der Waals surface area (Å²) in [7, 11) is 0. The molecule has 0 bridgehead atoms. The minimum absolute atomic E-state index is 0.0434. The largest absolute Gasteiger partial charge is 0.488 e. The summed E-state index contributed by atoms with van der Waals surface area (Å²) in [5.41, 5.74) is 3.17. The Hall–Kier alpha value is -2.69. The molecule has 0 aliphatic carbocycles. The van der Waals surface area contributed by atoms with Gasteiger partial charge in [-0.3, -0.25) is 4.79 Å². The van der Waals surface area contributed by atoms with Crippen molar-refractivity contribution in [1.82, 2.24) is 5.32 Å². The molecular formula is C21H23NO4. The SMILES string of the molecule is CC(C)(C)c1ccc2c(c1)CC(CNC(=O)c1ccc3c(c1)OCO3)O2. The van der Waals surface area contributed by atoms with Crippen LogP contribution in [0.25, 0.3) is 0 Å². The molecule has 0 saturated carbocycles. The zero-order valence-electron chi connectivity index (χ0n) is 15.3. The average molecular weight is 353 g/mol. The van der Waals surface area contributed by atoms with Gasteiger partial charge in [0, 0.05) is 12.0 Å². The van der Waals surface area contributed by atoms with Gasteiger partial charge in [-0.25, -0.2) is 0 Å². The number of hydrogen-bond acceptors (Lipinski definition) is 4. The monoisotopic (exact) mass is 353 g/mol. The zero-order valence-corrected chi connectivity index (χ0v) is 15.3. The Morgan fingerprint density at radius 2 is 1.85 bits per heavy atom. The highest BCUT2D eigenvalue weighted by Crippen LogP contribution is 2.34. The van der Waals surface area contributed by atoms with Gasteiger partial charge in [-0.15, -0.1) is 0 Å². The molecule has 5 heteroatoms. The molecule has 0 aromatic heterocycles. The van der Waals surface area contributed by atoms with Gasteiger partial charge < -0.3 is 19.5 Å². The van der Waals surface area contributed by atoms with Crippen LogP contribution in [0.15, 0.2) is 36.4 Å². The first-order valence-electron chi connectivity index (χ1n) is 8.88. The van der Waals surface area contributed by atoms with Crippen LogP contribution in [0.2, 0.25) is 0 Å². The lowest BCUT2D eigenvalue weighted by Crippen LogP contribution is -2.34. The molecule has 1 unspecified atom stereocenters. The van der Waals surface area contributed by atoms with Crippen molar-refractivity contribution in [2.75, 3.05) is 13.3 Å². The molecule has 0 saturated heterocycles. The van der Waals surface area contributed by atoms with Crippen molar-refractivity contribution in [2.45, 2.75) is 38.7 Å². The maximum Gasteiger partial charge on any atom is 0.251 e. The topological polar surface area (TPSA) is 56.8 Å². The summed E-state index contributed by atoms with van der Waals surface area (Å²) >= 11 is 0. The molecule has 2 aromatic rings. The summed E-state index contributed by atoms with van der Waals surface area (Å²) in [5, 5.41) is 2.95. The normalized spacial score (nSPS) is 17.6. The van der Waals surface area contributed by atoms with Crippen molar-refractivity contribution >= 4 is 5.91 Å². The van der Waals surface area contributed by atoms with Crippen LogP contribution in [0.4, 0.5) is 0 Å². The molecule has 2 heterocycles. The van der Waals surface area contributed by atoms with Crippen LogP contribution in [0.5, 0.6) is 17.2 Å². The Bertz CT molecular complexity index is 854. The third kappa shape index (κ3) is 3.21. The van der Waals surface area contributed by atoms with Gasteiger partial charge >= 0.3 is 0 Å². The molecule has 2 aliphatic rings. The standard InChI is InChI=1S/C21H23NO4/c1-21(2,3)15-5-7-17-14(8-15)9-16(26-17)11-22-20(23)13-4-6-18-19(10-13)25-12-24-18/h4-8,10,16H,9,11-12H2,1-3H3,(H,22,23). The third-order valence-electron chi connectivity index (χ3n) is 4.79. The van der Waals surface area contributed by atoms with E-state index in [9.17, 15) is 4.79 Å². The summed E-state index contributed by atoms with van der Waals surface area (Å²) in [4.78, 5) is 12.4. The van der Waals surface area contributed by atoms with Crippen molar-refractivity contribution in [1.29, 1.82) is 0 Å². The number of nitrogens with one attached hydrogen (secondary N) is 1. The van der Waals surface area contributed by atoms with E-state index in [1.807, 2.05) is 6.07 Å². The van der Waals surface area contributed by atoms with Crippen molar-refractivity contribution in [2.24, 2.45) is 0 Å². The Morgan fingerprint density at radius 3 is 2.65 bits per heavy atom. The molecule has 0 radical (unpaired) electrons. The van der Waals surface area contributed by atoms with E-state index in [0.29, 0.717) is 23.6 Å². The molecule has 5 nitrogen and oxygen atoms in total. The second kappa shape index (κ2) is 6.24. The Morgan fingerprint density at radius 1 is 1.08 bits per heavy atom. The molecule has 1 amide bonds. The van der Waals surface area contributed by atoms with Crippen LogP contribution in [0.1, 0.15) is 42.3 Å². The van der Waals surface area contributed by atoms with Crippen molar-refractivity contribution in [3.8, 4) is 17.2 Å². The minimum atomic E-state index is -0.141. The van der Waals surface area contributed by atoms with Gasteiger partial charge in [-0.1, -0.05) is 32.9 Å². The van der Waals surface area contributed by atoms with E-state index in [1.54, 1.807) is 18.2 Å². The van der Waals surface area contributed by atoms with Crippen LogP contribution >= 0.6 is 0 Å². The fourth-order valence-electron chi connectivity index (χ4n) is 3.25. The molecule has 4 rings (SSSR count). The van der Waals surface area contributed by atoms with E-state index in [1.165, 1.54) is 11.1 Å². The van der Waals surface area contributed by atoms with E-state index in [2.05, 4.69) is 38.2 Å². The van der Waals surface area contributed by atoms with Crippen LogP contribution in [0, 0.1) is 0 Å². The van der Waals surface area contributed by atoms with Gasteiger partial charge in [-0.05, 0) is 40.8 Å². The number of rotatable bonds is 3. The van der Waals surface area contributed by atoms with Gasteiger partial charge in [0.15, 0.2) is 11.5 Å². The second-order valence-corrected chi connectivity index (χ2v) is 7.79. The van der Waals surface area contributed by atoms with Gasteiger partial charge in [0.1, 0.15) is 11.9 Å². The van der Waals surface area contributed by atoms with Crippen molar-refractivity contribution in [3.05, 3.63) is 53.1 Å². The average Bonchev–Trinajstić information content (AvgIpc) is 3.23. The van der Waals surface area contributed by atoms with Crippen LogP contribution in [-0.4, -0.2) is 25.3 Å². The quantitative estimate of drug-likeness (QED) is 0.918. The number of carbonyl (C=O) groups excluding carboxylic acids is 1. The Labute approximate surface area is 153 Å². The first-order chi connectivity index (χ1) is 12.4. The molecule has 2 aliphatic heterocycles. The maximum atomic E-state index is 12.4. The third-order valence-corrected chi connectivity index (χ3v) is 4.79. The lowest BCUT2D eigenvalue weighted by molar-refractivity contribution is 0.0933. The minimum Gasteiger partial charge on any atom is -0.488 e. The molecule has 1 atom stereocenters. The number of carbonyl (C=O) groups is 1. The van der Waals surface area contributed by atoms with Crippen LogP contribution in [0.3, 0.4) is 0 Å². The lowest BCUT2D eigenvalue weighted by atomic mass is 9.86. The fraction of sp³-hybridized carbons (Fsp3) is 0.381.